The van der Waals surface area contributed by atoms with Crippen LogP contribution in [-0.2, 0) is 27.1 Å². The van der Waals surface area contributed by atoms with E-state index in [1.807, 2.05) is 18.3 Å². The standard InChI is InChI=1S/C68H55N5/c1-64(2)52-30-19-20-31-55(52)72(56-35-33-44(38-53(56)64)42-22-11-9-12-23-42)62-49(41-70)61(73-57-36-34-45(43-24-13-10-14-25-43)39-54(57)65(3,4)63-58(73)32-21-37-71-63)48(40-69)59-60(62)67(7,8)68(66(59,5)6)50-28-17-15-26-46(50)47-27-16-18-29-51(47)68/h9-39H,1-8H3. The number of hydrogen-bond acceptors (Lipinski definition) is 5. The van der Waals surface area contributed by atoms with Crippen LogP contribution in [0.25, 0.3) is 33.4 Å². The van der Waals surface area contributed by atoms with Gasteiger partial charge < -0.3 is 9.80 Å². The first-order valence-corrected chi connectivity index (χ1v) is 25.5. The maximum Gasteiger partial charge on any atom is 0.104 e. The number of nitriles is 2. The Bertz CT molecular complexity index is 3850. The highest BCUT2D eigenvalue weighted by molar-refractivity contribution is 6.01. The molecule has 0 amide bonds. The normalized spacial score (nSPS) is 17.0. The van der Waals surface area contributed by atoms with Crippen LogP contribution in [0.15, 0.2) is 188 Å². The predicted octanol–water partition coefficient (Wildman–Crippen LogP) is 16.9. The van der Waals surface area contributed by atoms with Crippen LogP contribution in [-0.4, -0.2) is 4.98 Å². The minimum Gasteiger partial charge on any atom is -0.308 e. The van der Waals surface area contributed by atoms with Crippen molar-refractivity contribution in [3.63, 3.8) is 0 Å². The third kappa shape index (κ3) is 5.58. The summed E-state index contributed by atoms with van der Waals surface area (Å²) in [5.41, 5.74) is 18.6. The molecule has 2 aliphatic heterocycles. The zero-order valence-corrected chi connectivity index (χ0v) is 42.6. The first-order chi connectivity index (χ1) is 35.2. The lowest BCUT2D eigenvalue weighted by atomic mass is 9.52. The molecule has 1 spiro atoms. The average Bonchev–Trinajstić information content (AvgIpc) is 3.80. The van der Waals surface area contributed by atoms with Gasteiger partial charge in [-0.15, -0.1) is 0 Å². The van der Waals surface area contributed by atoms with Crippen LogP contribution in [0.5, 0.6) is 0 Å². The number of fused-ring (bicyclic) bond motifs is 10. The van der Waals surface area contributed by atoms with Crippen molar-refractivity contribution in [2.45, 2.75) is 82.5 Å². The number of anilines is 6. The lowest BCUT2D eigenvalue weighted by Gasteiger charge is -2.50. The van der Waals surface area contributed by atoms with E-state index in [4.69, 9.17) is 4.98 Å². The summed E-state index contributed by atoms with van der Waals surface area (Å²) in [5, 5.41) is 24.9. The fourth-order valence-corrected chi connectivity index (χ4v) is 14.7. The van der Waals surface area contributed by atoms with Gasteiger partial charge >= 0.3 is 0 Å². The number of hydrogen-bond donors (Lipinski definition) is 0. The van der Waals surface area contributed by atoms with Gasteiger partial charge in [0, 0.05) is 33.3 Å². The monoisotopic (exact) mass is 941 g/mol. The Morgan fingerprint density at radius 3 is 1.40 bits per heavy atom. The summed E-state index contributed by atoms with van der Waals surface area (Å²) in [5.74, 6) is 0. The van der Waals surface area contributed by atoms with Gasteiger partial charge in [-0.1, -0.05) is 181 Å². The molecule has 4 aliphatic rings. The van der Waals surface area contributed by atoms with Crippen molar-refractivity contribution in [1.82, 2.24) is 4.98 Å². The molecule has 0 radical (unpaired) electrons. The Morgan fingerprint density at radius 1 is 0.384 bits per heavy atom. The molecule has 0 N–H and O–H groups in total. The number of para-hydroxylation sites is 1. The molecule has 5 heteroatoms. The first-order valence-electron chi connectivity index (χ1n) is 25.5. The van der Waals surface area contributed by atoms with Crippen molar-refractivity contribution < 1.29 is 0 Å². The van der Waals surface area contributed by atoms with Crippen LogP contribution >= 0.6 is 0 Å². The molecule has 0 saturated heterocycles. The van der Waals surface area contributed by atoms with Crippen molar-refractivity contribution >= 4 is 34.1 Å². The van der Waals surface area contributed by atoms with E-state index in [1.165, 1.54) is 22.3 Å². The number of pyridine rings is 1. The fraction of sp³-hybridized carbons (Fsp3) is 0.191. The molecule has 352 valence electrons. The molecule has 3 heterocycles. The molecule has 5 nitrogen and oxygen atoms in total. The van der Waals surface area contributed by atoms with E-state index >= 15 is 0 Å². The topological polar surface area (TPSA) is 67.0 Å². The summed E-state index contributed by atoms with van der Waals surface area (Å²) in [7, 11) is 0. The average molecular weight is 942 g/mol. The van der Waals surface area contributed by atoms with Gasteiger partial charge in [-0.2, -0.15) is 10.5 Å². The maximum atomic E-state index is 12.5. The number of benzene rings is 8. The minimum absolute atomic E-state index is 0.420. The summed E-state index contributed by atoms with van der Waals surface area (Å²) < 4.78 is 0. The molecular formula is C68H55N5. The summed E-state index contributed by atoms with van der Waals surface area (Å²) in [6, 6.07) is 71.1. The Morgan fingerprint density at radius 2 is 0.836 bits per heavy atom. The smallest absolute Gasteiger partial charge is 0.104 e. The van der Waals surface area contributed by atoms with Gasteiger partial charge in [-0.05, 0) is 129 Å². The lowest BCUT2D eigenvalue weighted by molar-refractivity contribution is 0.231. The molecule has 0 atom stereocenters. The van der Waals surface area contributed by atoms with E-state index in [0.29, 0.717) is 16.8 Å². The molecule has 9 aromatic rings. The van der Waals surface area contributed by atoms with E-state index in [0.717, 1.165) is 84.2 Å². The van der Waals surface area contributed by atoms with Gasteiger partial charge in [0.05, 0.1) is 45.4 Å². The van der Waals surface area contributed by atoms with Gasteiger partial charge in [0.15, 0.2) is 0 Å². The van der Waals surface area contributed by atoms with Crippen molar-refractivity contribution in [2.24, 2.45) is 0 Å². The second-order valence-electron chi connectivity index (χ2n) is 22.5. The van der Waals surface area contributed by atoms with Crippen LogP contribution in [0, 0.1) is 22.7 Å². The van der Waals surface area contributed by atoms with Gasteiger partial charge in [-0.25, -0.2) is 0 Å². The third-order valence-corrected chi connectivity index (χ3v) is 17.7. The van der Waals surface area contributed by atoms with Crippen LogP contribution in [0.1, 0.15) is 111 Å². The quantitative estimate of drug-likeness (QED) is 0.176. The van der Waals surface area contributed by atoms with E-state index in [2.05, 4.69) is 247 Å². The zero-order chi connectivity index (χ0) is 50.4. The third-order valence-electron chi connectivity index (χ3n) is 17.7. The van der Waals surface area contributed by atoms with E-state index < -0.39 is 27.1 Å². The Kier molecular flexibility index (Phi) is 9.28. The van der Waals surface area contributed by atoms with E-state index in [9.17, 15) is 10.5 Å². The van der Waals surface area contributed by atoms with Gasteiger partial charge in [0.2, 0.25) is 0 Å². The summed E-state index contributed by atoms with van der Waals surface area (Å²) in [6.45, 7) is 18.6. The number of nitrogens with zero attached hydrogens (tertiary/aromatic N) is 5. The number of aromatic nitrogens is 1. The molecule has 2 aliphatic carbocycles. The van der Waals surface area contributed by atoms with Gasteiger partial charge in [0.25, 0.3) is 0 Å². The Labute approximate surface area is 429 Å². The highest BCUT2D eigenvalue weighted by Gasteiger charge is 2.69. The lowest BCUT2D eigenvalue weighted by Crippen LogP contribution is -2.51. The zero-order valence-electron chi connectivity index (χ0n) is 42.6. The van der Waals surface area contributed by atoms with Crippen LogP contribution < -0.4 is 9.80 Å². The molecule has 0 saturated carbocycles. The minimum atomic E-state index is -0.724. The summed E-state index contributed by atoms with van der Waals surface area (Å²) in [4.78, 5) is 9.83. The molecule has 73 heavy (non-hydrogen) atoms. The highest BCUT2D eigenvalue weighted by Crippen LogP contribution is 2.74. The maximum absolute atomic E-state index is 12.5. The SMILES string of the molecule is CC1(C)c2ccccc2N(c2c(C#N)c(N3c4ccc(-c5ccccc5)cc4C(C)(C)c4ncccc43)c(C#N)c3c2C(C)(C)C2(c4ccccc4-c4ccccc42)C3(C)C)c2ccc(-c3ccccc3)cc21. The van der Waals surface area contributed by atoms with Crippen molar-refractivity contribution in [3.05, 3.63) is 244 Å². The van der Waals surface area contributed by atoms with Crippen molar-refractivity contribution in [2.75, 3.05) is 9.80 Å². The Balaban J connectivity index is 1.22. The van der Waals surface area contributed by atoms with E-state index in [-0.39, 0.29) is 0 Å². The van der Waals surface area contributed by atoms with Gasteiger partial charge in [0.1, 0.15) is 17.7 Å². The molecule has 0 bridgehead atoms. The fourth-order valence-electron chi connectivity index (χ4n) is 14.7. The molecular weight excluding hydrogens is 887 g/mol. The van der Waals surface area contributed by atoms with Gasteiger partial charge in [-0.3, -0.25) is 4.98 Å². The first kappa shape index (κ1) is 44.4. The van der Waals surface area contributed by atoms with Crippen LogP contribution in [0.2, 0.25) is 0 Å². The Hall–Kier alpha value is -8.51. The molecule has 0 unspecified atom stereocenters. The van der Waals surface area contributed by atoms with Crippen molar-refractivity contribution in [1.29, 1.82) is 10.5 Å². The summed E-state index contributed by atoms with van der Waals surface area (Å²) >= 11 is 0. The number of rotatable bonds is 4. The molecule has 8 aromatic carbocycles. The second-order valence-corrected chi connectivity index (χ2v) is 22.5. The molecule has 13 rings (SSSR count). The van der Waals surface area contributed by atoms with Crippen LogP contribution in [0.4, 0.5) is 34.1 Å². The second kappa shape index (κ2) is 15.3. The molecule has 1 aromatic heterocycles. The summed E-state index contributed by atoms with van der Waals surface area (Å²) in [6.07, 6.45) is 1.87. The largest absolute Gasteiger partial charge is 0.308 e. The molecule has 0 fully saturated rings. The van der Waals surface area contributed by atoms with Crippen molar-refractivity contribution in [3.8, 4) is 45.5 Å². The van der Waals surface area contributed by atoms with Crippen LogP contribution in [0.3, 0.4) is 0 Å². The van der Waals surface area contributed by atoms with E-state index in [1.54, 1.807) is 0 Å². The highest BCUT2D eigenvalue weighted by atomic mass is 15.2. The predicted molar refractivity (Wildman–Crippen MR) is 297 cm³/mol.